The Hall–Kier alpha value is -0.353. The van der Waals surface area contributed by atoms with Crippen LogP contribution >= 0.6 is 0 Å². The van der Waals surface area contributed by atoms with Gasteiger partial charge in [-0.1, -0.05) is 6.92 Å². The molecule has 0 bridgehead atoms. The molecule has 3 nitrogen and oxygen atoms in total. The summed E-state index contributed by atoms with van der Waals surface area (Å²) in [4.78, 5) is 11.2. The lowest BCUT2D eigenvalue weighted by Gasteiger charge is -2.16. The van der Waals surface area contributed by atoms with Gasteiger partial charge in [-0.25, -0.2) is 0 Å². The Morgan fingerprint density at radius 1 is 1.31 bits per heavy atom. The van der Waals surface area contributed by atoms with Crippen LogP contribution in [0, 0.1) is 11.8 Å². The number of methoxy groups -OCH3 is 1. The molecule has 0 heterocycles. The predicted octanol–water partition coefficient (Wildman–Crippen LogP) is 1.65. The number of hydrogen-bond acceptors (Lipinski definition) is 3. The monoisotopic (exact) mass is 202 g/mol. The molecule has 0 radical (unpaired) electrons. The average molecular weight is 202 g/mol. The molecule has 1 rings (SSSR count). The molecule has 4 heteroatoms. The number of carbonyl (C=O) groups is 1. The van der Waals surface area contributed by atoms with Crippen molar-refractivity contribution in [1.29, 1.82) is 0 Å². The molecule has 0 aliphatic heterocycles. The summed E-state index contributed by atoms with van der Waals surface area (Å²) in [6.07, 6.45) is 0.110. The molecular weight excluding hydrogens is 184 g/mol. The van der Waals surface area contributed by atoms with E-state index < -0.39 is 8.32 Å². The predicted molar refractivity (Wildman–Crippen MR) is 52.9 cm³/mol. The quantitative estimate of drug-likeness (QED) is 0.515. The van der Waals surface area contributed by atoms with Crippen molar-refractivity contribution in [2.75, 3.05) is 7.11 Å². The largest absolute Gasteiger partial charge is 0.469 e. The third kappa shape index (κ3) is 2.54. The minimum absolute atomic E-state index is 0.0169. The molecule has 76 valence electrons. The third-order valence-corrected chi connectivity index (χ3v) is 3.24. The SMILES string of the molecule is COC(=O)C1C(C)C1O[Si](C)(C)C. The van der Waals surface area contributed by atoms with E-state index in [1.54, 1.807) is 0 Å². The van der Waals surface area contributed by atoms with E-state index in [0.29, 0.717) is 5.92 Å². The molecule has 0 aromatic heterocycles. The van der Waals surface area contributed by atoms with Crippen molar-refractivity contribution in [3.05, 3.63) is 0 Å². The summed E-state index contributed by atoms with van der Waals surface area (Å²) in [5.74, 6) is 0.187. The first-order valence-electron chi connectivity index (χ1n) is 4.62. The van der Waals surface area contributed by atoms with Crippen molar-refractivity contribution >= 4 is 14.3 Å². The van der Waals surface area contributed by atoms with Crippen molar-refractivity contribution in [3.8, 4) is 0 Å². The van der Waals surface area contributed by atoms with Crippen LogP contribution in [0.1, 0.15) is 6.92 Å². The Labute approximate surface area is 80.5 Å². The summed E-state index contributed by atoms with van der Waals surface area (Å²) >= 11 is 0. The van der Waals surface area contributed by atoms with Crippen LogP contribution in [0.25, 0.3) is 0 Å². The van der Waals surface area contributed by atoms with Gasteiger partial charge in [-0.3, -0.25) is 4.79 Å². The molecule has 0 aromatic rings. The highest BCUT2D eigenvalue weighted by molar-refractivity contribution is 6.69. The molecule has 1 fully saturated rings. The van der Waals surface area contributed by atoms with Gasteiger partial charge in [0.2, 0.25) is 0 Å². The molecule has 0 saturated heterocycles. The molecule has 0 amide bonds. The number of rotatable bonds is 3. The zero-order valence-corrected chi connectivity index (χ0v) is 9.96. The molecule has 0 aromatic carbocycles. The highest BCUT2D eigenvalue weighted by Crippen LogP contribution is 2.43. The van der Waals surface area contributed by atoms with Gasteiger partial charge in [-0.2, -0.15) is 0 Å². The normalized spacial score (nSPS) is 32.8. The molecule has 1 aliphatic rings. The Morgan fingerprint density at radius 3 is 2.23 bits per heavy atom. The molecule has 13 heavy (non-hydrogen) atoms. The zero-order valence-electron chi connectivity index (χ0n) is 8.96. The summed E-state index contributed by atoms with van der Waals surface area (Å²) in [6.45, 7) is 8.43. The summed E-state index contributed by atoms with van der Waals surface area (Å²) in [6, 6.07) is 0. The Bertz CT molecular complexity index is 209. The van der Waals surface area contributed by atoms with Gasteiger partial charge >= 0.3 is 5.97 Å². The van der Waals surface area contributed by atoms with Gasteiger partial charge in [0, 0.05) is 0 Å². The highest BCUT2D eigenvalue weighted by Gasteiger charge is 2.54. The lowest BCUT2D eigenvalue weighted by atomic mass is 10.3. The van der Waals surface area contributed by atoms with Gasteiger partial charge in [0.15, 0.2) is 8.32 Å². The molecular formula is C9H18O3Si. The fourth-order valence-corrected chi connectivity index (χ4v) is 2.68. The van der Waals surface area contributed by atoms with Crippen molar-refractivity contribution in [2.24, 2.45) is 11.8 Å². The van der Waals surface area contributed by atoms with E-state index in [4.69, 9.17) is 4.43 Å². The first-order valence-corrected chi connectivity index (χ1v) is 8.03. The number of ether oxygens (including phenoxy) is 1. The minimum Gasteiger partial charge on any atom is -0.469 e. The van der Waals surface area contributed by atoms with Crippen LogP contribution < -0.4 is 0 Å². The van der Waals surface area contributed by atoms with Crippen LogP contribution in [0.15, 0.2) is 0 Å². The van der Waals surface area contributed by atoms with Crippen LogP contribution in [0.5, 0.6) is 0 Å². The van der Waals surface area contributed by atoms with E-state index in [9.17, 15) is 4.79 Å². The number of esters is 1. The van der Waals surface area contributed by atoms with E-state index in [-0.39, 0.29) is 18.0 Å². The van der Waals surface area contributed by atoms with Crippen LogP contribution in [-0.4, -0.2) is 27.5 Å². The molecule has 0 N–H and O–H groups in total. The van der Waals surface area contributed by atoms with E-state index in [1.807, 2.05) is 6.92 Å². The molecule has 0 spiro atoms. The fraction of sp³-hybridized carbons (Fsp3) is 0.889. The Balaban J connectivity index is 2.45. The molecule has 1 aliphatic carbocycles. The second kappa shape index (κ2) is 3.42. The van der Waals surface area contributed by atoms with Crippen molar-refractivity contribution in [1.82, 2.24) is 0 Å². The maximum atomic E-state index is 11.2. The first kappa shape index (κ1) is 10.7. The van der Waals surface area contributed by atoms with Crippen molar-refractivity contribution in [2.45, 2.75) is 32.7 Å². The third-order valence-electron chi connectivity index (χ3n) is 2.26. The van der Waals surface area contributed by atoms with Gasteiger partial charge in [0.25, 0.3) is 0 Å². The molecule has 3 atom stereocenters. The van der Waals surface area contributed by atoms with Gasteiger partial charge in [0.1, 0.15) is 0 Å². The summed E-state index contributed by atoms with van der Waals surface area (Å²) in [5.41, 5.74) is 0. The van der Waals surface area contributed by atoms with E-state index in [1.165, 1.54) is 7.11 Å². The lowest BCUT2D eigenvalue weighted by molar-refractivity contribution is -0.143. The van der Waals surface area contributed by atoms with E-state index in [0.717, 1.165) is 0 Å². The van der Waals surface area contributed by atoms with Crippen molar-refractivity contribution in [3.63, 3.8) is 0 Å². The van der Waals surface area contributed by atoms with Gasteiger partial charge < -0.3 is 9.16 Å². The van der Waals surface area contributed by atoms with E-state index in [2.05, 4.69) is 24.4 Å². The van der Waals surface area contributed by atoms with Crippen molar-refractivity contribution < 1.29 is 14.0 Å². The second-order valence-corrected chi connectivity index (χ2v) is 9.06. The average Bonchev–Trinajstić information content (AvgIpc) is 2.57. The smallest absolute Gasteiger partial charge is 0.311 e. The summed E-state index contributed by atoms with van der Waals surface area (Å²) in [5, 5.41) is 0. The molecule has 3 unspecified atom stereocenters. The van der Waals surface area contributed by atoms with Crippen LogP contribution in [0.2, 0.25) is 19.6 Å². The minimum atomic E-state index is -1.51. The van der Waals surface area contributed by atoms with E-state index >= 15 is 0 Å². The van der Waals surface area contributed by atoms with Gasteiger partial charge in [0.05, 0.1) is 19.1 Å². The van der Waals surface area contributed by atoms with Crippen LogP contribution in [-0.2, 0) is 14.0 Å². The maximum Gasteiger partial charge on any atom is 0.311 e. The summed E-state index contributed by atoms with van der Waals surface area (Å²) < 4.78 is 10.5. The topological polar surface area (TPSA) is 35.5 Å². The van der Waals surface area contributed by atoms with Crippen LogP contribution in [0.3, 0.4) is 0 Å². The first-order chi connectivity index (χ1) is 5.87. The fourth-order valence-electron chi connectivity index (χ4n) is 1.50. The lowest BCUT2D eigenvalue weighted by Crippen LogP contribution is -2.28. The van der Waals surface area contributed by atoms with Gasteiger partial charge in [-0.15, -0.1) is 0 Å². The second-order valence-electron chi connectivity index (χ2n) is 4.60. The maximum absolute atomic E-state index is 11.2. The Morgan fingerprint density at radius 2 is 1.85 bits per heavy atom. The standard InChI is InChI=1S/C9H18O3Si/c1-6-7(9(10)11-2)8(6)12-13(3,4)5/h6-8H,1-5H3. The number of hydrogen-bond donors (Lipinski definition) is 0. The highest BCUT2D eigenvalue weighted by atomic mass is 28.4. The number of carbonyl (C=O) groups excluding carboxylic acids is 1. The summed E-state index contributed by atoms with van der Waals surface area (Å²) in [7, 11) is -0.0783. The zero-order chi connectivity index (χ0) is 10.2. The Kier molecular flexibility index (Phi) is 2.82. The van der Waals surface area contributed by atoms with Gasteiger partial charge in [-0.05, 0) is 25.6 Å². The van der Waals surface area contributed by atoms with Crippen LogP contribution in [0.4, 0.5) is 0 Å². The molecule has 1 saturated carbocycles.